The van der Waals surface area contributed by atoms with Crippen LogP contribution in [0.4, 0.5) is 0 Å². The molecule has 0 spiro atoms. The predicted octanol–water partition coefficient (Wildman–Crippen LogP) is -1.27. The molecule has 0 amide bonds. The minimum Gasteiger partial charge on any atom is -0.465 e. The van der Waals surface area contributed by atoms with E-state index in [1.165, 1.54) is 0 Å². The first-order valence-electron chi connectivity index (χ1n) is 8.35. The van der Waals surface area contributed by atoms with Crippen molar-refractivity contribution in [2.75, 3.05) is 79.3 Å². The van der Waals surface area contributed by atoms with E-state index in [0.29, 0.717) is 78.7 Å². The van der Waals surface area contributed by atoms with Crippen molar-refractivity contribution in [3.8, 4) is 0 Å². The molecule has 0 aliphatic rings. The highest BCUT2D eigenvalue weighted by Gasteiger charge is 1.91. The Kier molecular flexibility index (Phi) is 29.4. The van der Waals surface area contributed by atoms with Crippen molar-refractivity contribution in [3.63, 3.8) is 0 Å². The summed E-state index contributed by atoms with van der Waals surface area (Å²) < 4.78 is 37.6. The molecule has 0 aromatic rings. The van der Waals surface area contributed by atoms with Crippen molar-refractivity contribution in [2.45, 2.75) is 0 Å². The molecule has 0 saturated carbocycles. The van der Waals surface area contributed by atoms with Gasteiger partial charge in [0.15, 0.2) is 0 Å². The summed E-state index contributed by atoms with van der Waals surface area (Å²) in [5.41, 5.74) is 0. The summed E-state index contributed by atoms with van der Waals surface area (Å²) in [7, 11) is 0. The molecule has 164 valence electrons. The third-order valence-electron chi connectivity index (χ3n) is 2.40. The molecule has 28 heavy (non-hydrogen) atoms. The van der Waals surface area contributed by atoms with Gasteiger partial charge in [-0.1, -0.05) is 0 Å². The summed E-state index contributed by atoms with van der Waals surface area (Å²) in [6, 6.07) is 0. The normalized spacial score (nSPS) is 9.43. The van der Waals surface area contributed by atoms with Gasteiger partial charge in [0, 0.05) is 0 Å². The molecule has 0 radical (unpaired) electrons. The molecule has 12 nitrogen and oxygen atoms in total. The SMILES string of the molecule is O=COCCOCCOCCOC=O.O=COCCOCCOCCOC=O. The first-order valence-corrected chi connectivity index (χ1v) is 8.35. The predicted molar refractivity (Wildman–Crippen MR) is 91.3 cm³/mol. The van der Waals surface area contributed by atoms with E-state index < -0.39 is 0 Å². The van der Waals surface area contributed by atoms with Gasteiger partial charge in [0.2, 0.25) is 0 Å². The second kappa shape index (κ2) is 29.5. The molecule has 0 heterocycles. The number of carbonyl (C=O) groups excluding carboxylic acids is 4. The lowest BCUT2D eigenvalue weighted by atomic mass is 10.7. The van der Waals surface area contributed by atoms with Crippen molar-refractivity contribution in [1.29, 1.82) is 0 Å². The molecule has 0 atom stereocenters. The summed E-state index contributed by atoms with van der Waals surface area (Å²) in [6.45, 7) is 5.57. The zero-order chi connectivity index (χ0) is 21.0. The molecule has 0 aliphatic heterocycles. The van der Waals surface area contributed by atoms with Crippen LogP contribution in [0.2, 0.25) is 0 Å². The molecule has 0 aromatic carbocycles. The molecule has 12 heteroatoms. The third-order valence-corrected chi connectivity index (χ3v) is 2.40. The highest BCUT2D eigenvalue weighted by atomic mass is 16.6. The van der Waals surface area contributed by atoms with Gasteiger partial charge < -0.3 is 37.9 Å². The molecule has 0 N–H and O–H groups in total. The Morgan fingerprint density at radius 1 is 0.321 bits per heavy atom. The topological polar surface area (TPSA) is 142 Å². The maximum absolute atomic E-state index is 9.70. The van der Waals surface area contributed by atoms with Crippen LogP contribution in [0.25, 0.3) is 0 Å². The molecular formula is C16H28O12. The van der Waals surface area contributed by atoms with Crippen LogP contribution in [0.5, 0.6) is 0 Å². The van der Waals surface area contributed by atoms with E-state index in [4.69, 9.17) is 18.9 Å². The van der Waals surface area contributed by atoms with Crippen molar-refractivity contribution >= 4 is 25.9 Å². The smallest absolute Gasteiger partial charge is 0.293 e. The van der Waals surface area contributed by atoms with Crippen LogP contribution >= 0.6 is 0 Å². The highest BCUT2D eigenvalue weighted by molar-refractivity contribution is 5.37. The molecule has 0 unspecified atom stereocenters. The van der Waals surface area contributed by atoms with Gasteiger partial charge in [-0.3, -0.25) is 19.2 Å². The summed E-state index contributed by atoms with van der Waals surface area (Å²) in [5, 5.41) is 0. The fourth-order valence-electron chi connectivity index (χ4n) is 1.26. The Morgan fingerprint density at radius 3 is 0.679 bits per heavy atom. The first-order chi connectivity index (χ1) is 13.8. The zero-order valence-corrected chi connectivity index (χ0v) is 15.7. The van der Waals surface area contributed by atoms with Gasteiger partial charge in [-0.25, -0.2) is 0 Å². The van der Waals surface area contributed by atoms with Crippen LogP contribution in [0.15, 0.2) is 0 Å². The Labute approximate surface area is 163 Å². The molecule has 0 bridgehead atoms. The summed E-state index contributed by atoms with van der Waals surface area (Å²) in [6.07, 6.45) is 0. The van der Waals surface area contributed by atoms with Crippen LogP contribution < -0.4 is 0 Å². The Morgan fingerprint density at radius 2 is 0.500 bits per heavy atom. The zero-order valence-electron chi connectivity index (χ0n) is 15.7. The lowest BCUT2D eigenvalue weighted by molar-refractivity contribution is -0.131. The Hall–Kier alpha value is -2.28. The number of rotatable bonds is 22. The number of carbonyl (C=O) groups is 4. The van der Waals surface area contributed by atoms with Crippen LogP contribution in [0.3, 0.4) is 0 Å². The van der Waals surface area contributed by atoms with E-state index in [-0.39, 0.29) is 26.4 Å². The number of hydrogen-bond acceptors (Lipinski definition) is 12. The maximum Gasteiger partial charge on any atom is 0.293 e. The lowest BCUT2D eigenvalue weighted by Gasteiger charge is -2.04. The van der Waals surface area contributed by atoms with Gasteiger partial charge in [-0.15, -0.1) is 0 Å². The van der Waals surface area contributed by atoms with Gasteiger partial charge in [-0.2, -0.15) is 0 Å². The van der Waals surface area contributed by atoms with E-state index in [9.17, 15) is 19.2 Å². The van der Waals surface area contributed by atoms with Crippen LogP contribution in [-0.2, 0) is 57.1 Å². The van der Waals surface area contributed by atoms with Crippen molar-refractivity contribution in [2.24, 2.45) is 0 Å². The molecule has 0 saturated heterocycles. The second-order valence-electron chi connectivity index (χ2n) is 4.32. The molecule has 0 fully saturated rings. The van der Waals surface area contributed by atoms with Gasteiger partial charge in [0.05, 0.1) is 52.9 Å². The highest BCUT2D eigenvalue weighted by Crippen LogP contribution is 1.81. The number of hydrogen-bond donors (Lipinski definition) is 0. The van der Waals surface area contributed by atoms with E-state index in [0.717, 1.165) is 0 Å². The van der Waals surface area contributed by atoms with Crippen molar-refractivity contribution < 1.29 is 57.1 Å². The van der Waals surface area contributed by atoms with Crippen molar-refractivity contribution in [1.82, 2.24) is 0 Å². The largest absolute Gasteiger partial charge is 0.465 e. The Bertz CT molecular complexity index is 276. The molecule has 0 rings (SSSR count). The van der Waals surface area contributed by atoms with Gasteiger partial charge >= 0.3 is 0 Å². The standard InChI is InChI=1S/2C8H14O6/c2*9-7-13-5-3-11-1-2-12-4-6-14-8-10/h2*7-8H,1-6H2. The van der Waals surface area contributed by atoms with Gasteiger partial charge in [0.1, 0.15) is 26.4 Å². The van der Waals surface area contributed by atoms with E-state index >= 15 is 0 Å². The molecule has 0 aromatic heterocycles. The molecule has 0 aliphatic carbocycles. The quantitative estimate of drug-likeness (QED) is 0.119. The second-order valence-corrected chi connectivity index (χ2v) is 4.32. The minimum atomic E-state index is 0.248. The summed E-state index contributed by atoms with van der Waals surface area (Å²) in [4.78, 5) is 38.8. The van der Waals surface area contributed by atoms with E-state index in [1.807, 2.05) is 0 Å². The average Bonchev–Trinajstić information content (AvgIpc) is 2.71. The minimum absolute atomic E-state index is 0.248. The maximum atomic E-state index is 9.70. The number of ether oxygens (including phenoxy) is 8. The lowest BCUT2D eigenvalue weighted by Crippen LogP contribution is -2.11. The fraction of sp³-hybridized carbons (Fsp3) is 0.750. The Balaban J connectivity index is 0. The van der Waals surface area contributed by atoms with Crippen molar-refractivity contribution in [3.05, 3.63) is 0 Å². The monoisotopic (exact) mass is 412 g/mol. The fourth-order valence-corrected chi connectivity index (χ4v) is 1.26. The molecular weight excluding hydrogens is 384 g/mol. The van der Waals surface area contributed by atoms with E-state index in [2.05, 4.69) is 18.9 Å². The van der Waals surface area contributed by atoms with E-state index in [1.54, 1.807) is 0 Å². The van der Waals surface area contributed by atoms with Crippen LogP contribution in [0.1, 0.15) is 0 Å². The first kappa shape index (κ1) is 27.9. The summed E-state index contributed by atoms with van der Waals surface area (Å²) >= 11 is 0. The van der Waals surface area contributed by atoms with Crippen LogP contribution in [0, 0.1) is 0 Å². The van der Waals surface area contributed by atoms with Crippen LogP contribution in [-0.4, -0.2) is 105 Å². The van der Waals surface area contributed by atoms with Gasteiger partial charge in [-0.05, 0) is 0 Å². The average molecular weight is 412 g/mol. The summed E-state index contributed by atoms with van der Waals surface area (Å²) in [5.74, 6) is 0. The third kappa shape index (κ3) is 31.5. The van der Waals surface area contributed by atoms with Gasteiger partial charge in [0.25, 0.3) is 25.9 Å².